The summed E-state index contributed by atoms with van der Waals surface area (Å²) in [5, 5.41) is 13.9. The zero-order valence-corrected chi connectivity index (χ0v) is 10.6. The van der Waals surface area contributed by atoms with Gasteiger partial charge in [-0.2, -0.15) is 0 Å². The second-order valence-corrected chi connectivity index (χ2v) is 5.11. The first-order valence-electron chi connectivity index (χ1n) is 6.12. The maximum absolute atomic E-state index is 10.4. The van der Waals surface area contributed by atoms with Crippen molar-refractivity contribution >= 4 is 17.4 Å². The van der Waals surface area contributed by atoms with E-state index in [1.54, 1.807) is 6.20 Å². The highest BCUT2D eigenvalue weighted by atomic mass is 35.5. The van der Waals surface area contributed by atoms with Gasteiger partial charge < -0.3 is 10.4 Å². The van der Waals surface area contributed by atoms with Crippen molar-refractivity contribution in [3.8, 4) is 0 Å². The van der Waals surface area contributed by atoms with Gasteiger partial charge in [-0.15, -0.1) is 0 Å². The normalized spacial score (nSPS) is 19.6. The zero-order valence-electron chi connectivity index (χ0n) is 9.82. The summed E-state index contributed by atoms with van der Waals surface area (Å²) in [5.41, 5.74) is -0.611. The van der Waals surface area contributed by atoms with E-state index in [1.165, 1.54) is 19.0 Å². The van der Waals surface area contributed by atoms with E-state index >= 15 is 0 Å². The molecule has 0 bridgehead atoms. The Kier molecular flexibility index (Phi) is 4.18. The molecule has 2 N–H and O–H groups in total. The van der Waals surface area contributed by atoms with E-state index in [1.807, 2.05) is 0 Å². The van der Waals surface area contributed by atoms with E-state index in [4.69, 9.17) is 11.6 Å². The Labute approximate surface area is 106 Å². The predicted molar refractivity (Wildman–Crippen MR) is 68.2 cm³/mol. The van der Waals surface area contributed by atoms with Crippen LogP contribution in [0.2, 0.25) is 5.15 Å². The summed E-state index contributed by atoms with van der Waals surface area (Å²) in [7, 11) is 0. The number of nitrogens with one attached hydrogen (secondary N) is 1. The van der Waals surface area contributed by atoms with E-state index in [9.17, 15) is 5.11 Å². The fraction of sp³-hybridized carbons (Fsp3) is 0.667. The SMILES string of the molecule is OC1(CNc2cncc(Cl)n2)CCCCCC1. The third-order valence-electron chi connectivity index (χ3n) is 3.24. The van der Waals surface area contributed by atoms with Gasteiger partial charge in [0.15, 0.2) is 0 Å². The van der Waals surface area contributed by atoms with E-state index in [2.05, 4.69) is 15.3 Å². The maximum atomic E-state index is 10.4. The molecule has 0 radical (unpaired) electrons. The molecule has 1 aliphatic rings. The first-order valence-corrected chi connectivity index (χ1v) is 6.50. The Morgan fingerprint density at radius 3 is 2.59 bits per heavy atom. The summed E-state index contributed by atoms with van der Waals surface area (Å²) in [4.78, 5) is 8.04. The molecule has 0 aromatic carbocycles. The van der Waals surface area contributed by atoms with Gasteiger partial charge >= 0.3 is 0 Å². The minimum absolute atomic E-state index is 0.364. The third-order valence-corrected chi connectivity index (χ3v) is 3.42. The van der Waals surface area contributed by atoms with Gasteiger partial charge in [0.2, 0.25) is 0 Å². The molecule has 1 aromatic rings. The average molecular weight is 256 g/mol. The third kappa shape index (κ3) is 3.82. The van der Waals surface area contributed by atoms with Crippen molar-refractivity contribution in [3.05, 3.63) is 17.5 Å². The Hall–Kier alpha value is -0.870. The molecule has 1 aromatic heterocycles. The number of nitrogens with zero attached hydrogens (tertiary/aromatic N) is 2. The van der Waals surface area contributed by atoms with Gasteiger partial charge in [0.05, 0.1) is 18.0 Å². The Balaban J connectivity index is 1.92. The van der Waals surface area contributed by atoms with Crippen LogP contribution in [0.25, 0.3) is 0 Å². The lowest BCUT2D eigenvalue weighted by Gasteiger charge is -2.26. The summed E-state index contributed by atoms with van der Waals surface area (Å²) in [6, 6.07) is 0. The van der Waals surface area contributed by atoms with Crippen molar-refractivity contribution in [2.45, 2.75) is 44.1 Å². The lowest BCUT2D eigenvalue weighted by Crippen LogP contribution is -2.36. The van der Waals surface area contributed by atoms with Gasteiger partial charge in [-0.05, 0) is 12.8 Å². The van der Waals surface area contributed by atoms with Crippen molar-refractivity contribution in [1.82, 2.24) is 9.97 Å². The Bertz CT molecular complexity index is 365. The van der Waals surface area contributed by atoms with Crippen molar-refractivity contribution in [1.29, 1.82) is 0 Å². The molecule has 0 aliphatic heterocycles. The van der Waals surface area contributed by atoms with E-state index in [0.29, 0.717) is 17.5 Å². The van der Waals surface area contributed by atoms with Crippen LogP contribution < -0.4 is 5.32 Å². The molecule has 1 fully saturated rings. The van der Waals surface area contributed by atoms with Crippen molar-refractivity contribution in [2.75, 3.05) is 11.9 Å². The van der Waals surface area contributed by atoms with Crippen molar-refractivity contribution < 1.29 is 5.11 Å². The van der Waals surface area contributed by atoms with Gasteiger partial charge in [0.1, 0.15) is 11.0 Å². The summed E-state index contributed by atoms with van der Waals surface area (Å²) >= 11 is 5.75. The number of hydrogen-bond donors (Lipinski definition) is 2. The molecule has 0 spiro atoms. The van der Waals surface area contributed by atoms with Crippen molar-refractivity contribution in [3.63, 3.8) is 0 Å². The minimum Gasteiger partial charge on any atom is -0.388 e. The van der Waals surface area contributed by atoms with Crippen LogP contribution in [0.4, 0.5) is 5.82 Å². The molecule has 0 amide bonds. The number of rotatable bonds is 3. The number of halogens is 1. The monoisotopic (exact) mass is 255 g/mol. The maximum Gasteiger partial charge on any atom is 0.149 e. The molecule has 17 heavy (non-hydrogen) atoms. The van der Waals surface area contributed by atoms with Crippen LogP contribution in [0.1, 0.15) is 38.5 Å². The minimum atomic E-state index is -0.611. The molecule has 0 atom stereocenters. The van der Waals surface area contributed by atoms with Gasteiger partial charge in [-0.25, -0.2) is 4.98 Å². The standard InChI is InChI=1S/C12H18ClN3O/c13-10-7-14-8-11(16-10)15-9-12(17)5-3-1-2-4-6-12/h7-8,17H,1-6,9H2,(H,15,16). The number of aromatic nitrogens is 2. The number of anilines is 1. The molecular formula is C12H18ClN3O. The van der Waals surface area contributed by atoms with Crippen LogP contribution in [-0.4, -0.2) is 27.2 Å². The number of aliphatic hydroxyl groups is 1. The molecule has 0 saturated heterocycles. The highest BCUT2D eigenvalue weighted by Crippen LogP contribution is 2.27. The fourth-order valence-electron chi connectivity index (χ4n) is 2.25. The van der Waals surface area contributed by atoms with Crippen molar-refractivity contribution in [2.24, 2.45) is 0 Å². The molecular weight excluding hydrogens is 238 g/mol. The Morgan fingerprint density at radius 2 is 1.94 bits per heavy atom. The largest absolute Gasteiger partial charge is 0.388 e. The lowest BCUT2D eigenvalue weighted by atomic mass is 9.94. The summed E-state index contributed by atoms with van der Waals surface area (Å²) in [5.74, 6) is 0.621. The number of hydrogen-bond acceptors (Lipinski definition) is 4. The highest BCUT2D eigenvalue weighted by Gasteiger charge is 2.27. The van der Waals surface area contributed by atoms with Gasteiger partial charge in [-0.1, -0.05) is 37.3 Å². The molecule has 1 heterocycles. The predicted octanol–water partition coefficient (Wildman–Crippen LogP) is 2.63. The molecule has 1 saturated carbocycles. The van der Waals surface area contributed by atoms with E-state index in [-0.39, 0.29) is 0 Å². The smallest absolute Gasteiger partial charge is 0.149 e. The zero-order chi connectivity index (χ0) is 12.1. The van der Waals surface area contributed by atoms with Gasteiger partial charge in [0, 0.05) is 6.54 Å². The van der Waals surface area contributed by atoms with E-state index < -0.39 is 5.60 Å². The van der Waals surface area contributed by atoms with E-state index in [0.717, 1.165) is 25.7 Å². The van der Waals surface area contributed by atoms with Crippen LogP contribution in [0.3, 0.4) is 0 Å². The first kappa shape index (κ1) is 12.6. The molecule has 94 valence electrons. The topological polar surface area (TPSA) is 58.0 Å². The molecule has 4 nitrogen and oxygen atoms in total. The second kappa shape index (κ2) is 5.65. The van der Waals surface area contributed by atoms with Crippen LogP contribution in [0.5, 0.6) is 0 Å². The summed E-state index contributed by atoms with van der Waals surface area (Å²) in [6.07, 6.45) is 9.46. The Morgan fingerprint density at radius 1 is 1.24 bits per heavy atom. The van der Waals surface area contributed by atoms with Gasteiger partial charge in [-0.3, -0.25) is 4.98 Å². The molecule has 1 aliphatic carbocycles. The quantitative estimate of drug-likeness (QED) is 0.816. The summed E-state index contributed by atoms with van der Waals surface area (Å²) < 4.78 is 0. The molecule has 0 unspecified atom stereocenters. The van der Waals surface area contributed by atoms with Gasteiger partial charge in [0.25, 0.3) is 0 Å². The first-order chi connectivity index (χ1) is 8.18. The van der Waals surface area contributed by atoms with Crippen LogP contribution in [0.15, 0.2) is 12.4 Å². The fourth-order valence-corrected chi connectivity index (χ4v) is 2.39. The summed E-state index contributed by atoms with van der Waals surface area (Å²) in [6.45, 7) is 0.516. The van der Waals surface area contributed by atoms with Crippen LogP contribution in [-0.2, 0) is 0 Å². The van der Waals surface area contributed by atoms with Crippen LogP contribution in [0, 0.1) is 0 Å². The van der Waals surface area contributed by atoms with Crippen LogP contribution >= 0.6 is 11.6 Å². The lowest BCUT2D eigenvalue weighted by molar-refractivity contribution is 0.0380. The average Bonchev–Trinajstić information content (AvgIpc) is 2.53. The molecule has 5 heteroatoms. The highest BCUT2D eigenvalue weighted by molar-refractivity contribution is 6.29. The second-order valence-electron chi connectivity index (χ2n) is 4.72. The molecule has 2 rings (SSSR count).